The lowest BCUT2D eigenvalue weighted by atomic mass is 9.79. The highest BCUT2D eigenvalue weighted by Crippen LogP contribution is 2.30. The molecule has 0 N–H and O–H groups in total. The van der Waals surface area contributed by atoms with Crippen molar-refractivity contribution in [2.24, 2.45) is 17.8 Å². The maximum atomic E-state index is 12.1. The lowest BCUT2D eigenvalue weighted by molar-refractivity contribution is -0.160. The van der Waals surface area contributed by atoms with E-state index in [2.05, 4.69) is 16.4 Å². The fourth-order valence-electron chi connectivity index (χ4n) is 2.50. The zero-order valence-corrected chi connectivity index (χ0v) is 11.8. The van der Waals surface area contributed by atoms with Gasteiger partial charge in [0.05, 0.1) is 14.2 Å². The van der Waals surface area contributed by atoms with E-state index in [4.69, 9.17) is 0 Å². The van der Waals surface area contributed by atoms with Gasteiger partial charge in [-0.3, -0.25) is 14.4 Å². The van der Waals surface area contributed by atoms with Crippen LogP contribution in [0, 0.1) is 17.8 Å². The number of hydrogen-bond donors (Lipinski definition) is 0. The van der Waals surface area contributed by atoms with Crippen molar-refractivity contribution in [3.63, 3.8) is 0 Å². The van der Waals surface area contributed by atoms with Gasteiger partial charge in [0, 0.05) is 12.3 Å². The van der Waals surface area contributed by atoms with Crippen LogP contribution in [0.1, 0.15) is 39.0 Å². The molecule has 0 atom stereocenters. The van der Waals surface area contributed by atoms with Crippen LogP contribution in [-0.2, 0) is 23.9 Å². The largest absolute Gasteiger partial charge is 0.468 e. The van der Waals surface area contributed by atoms with Gasteiger partial charge >= 0.3 is 11.9 Å². The highest BCUT2D eigenvalue weighted by Gasteiger charge is 2.34. The molecule has 0 spiro atoms. The molecule has 1 rings (SSSR count). The molecule has 0 bridgehead atoms. The van der Waals surface area contributed by atoms with Crippen molar-refractivity contribution in [1.82, 2.24) is 0 Å². The Labute approximate surface area is 113 Å². The predicted octanol–water partition coefficient (Wildman–Crippen LogP) is 1.73. The molecule has 5 nitrogen and oxygen atoms in total. The number of carbonyl (C=O) groups is 3. The Bertz CT molecular complexity index is 326. The maximum Gasteiger partial charge on any atom is 0.320 e. The molecule has 108 valence electrons. The van der Waals surface area contributed by atoms with Crippen molar-refractivity contribution in [2.75, 3.05) is 14.2 Å². The third kappa shape index (κ3) is 4.33. The molecule has 0 radical (unpaired) electrons. The number of esters is 2. The minimum Gasteiger partial charge on any atom is -0.468 e. The number of ether oxygens (including phenoxy) is 2. The first-order chi connectivity index (χ1) is 8.99. The molecule has 0 aliphatic heterocycles. The molecule has 5 heteroatoms. The summed E-state index contributed by atoms with van der Waals surface area (Å²) in [4.78, 5) is 35.2. The van der Waals surface area contributed by atoms with E-state index in [0.29, 0.717) is 5.92 Å². The molecule has 1 aliphatic carbocycles. The summed E-state index contributed by atoms with van der Waals surface area (Å²) in [7, 11) is 2.40. The Kier molecular flexibility index (Phi) is 5.99. The van der Waals surface area contributed by atoms with Crippen LogP contribution in [0.15, 0.2) is 0 Å². The number of Topliss-reactive ketones (excluding diaryl/α,β-unsaturated/α-hetero) is 1. The SMILES string of the molecule is COC(=O)C(CC(=O)[C@H]1CC[C@H](C)CC1)C(=O)OC. The second-order valence-electron chi connectivity index (χ2n) is 5.23. The first-order valence-corrected chi connectivity index (χ1v) is 6.68. The molecule has 1 fully saturated rings. The van der Waals surface area contributed by atoms with Crippen LogP contribution in [0.25, 0.3) is 0 Å². The van der Waals surface area contributed by atoms with Gasteiger partial charge in [-0.1, -0.05) is 19.8 Å². The Morgan fingerprint density at radius 2 is 1.47 bits per heavy atom. The fraction of sp³-hybridized carbons (Fsp3) is 0.786. The number of ketones is 1. The molecule has 0 amide bonds. The van der Waals surface area contributed by atoms with Crippen molar-refractivity contribution in [1.29, 1.82) is 0 Å². The van der Waals surface area contributed by atoms with Crippen molar-refractivity contribution >= 4 is 17.7 Å². The molecule has 19 heavy (non-hydrogen) atoms. The molecular formula is C14H22O5. The standard InChI is InChI=1S/C14H22O5/c1-9-4-6-10(7-5-9)12(15)8-11(13(16)18-2)14(17)19-3/h9-11H,4-8H2,1-3H3/t9-,10-. The minimum absolute atomic E-state index is 0.0342. The number of hydrogen-bond acceptors (Lipinski definition) is 5. The van der Waals surface area contributed by atoms with Crippen LogP contribution < -0.4 is 0 Å². The van der Waals surface area contributed by atoms with Gasteiger partial charge in [-0.2, -0.15) is 0 Å². The Morgan fingerprint density at radius 3 is 1.89 bits per heavy atom. The highest BCUT2D eigenvalue weighted by molar-refractivity contribution is 5.99. The van der Waals surface area contributed by atoms with Gasteiger partial charge in [0.2, 0.25) is 0 Å². The van der Waals surface area contributed by atoms with E-state index < -0.39 is 17.9 Å². The van der Waals surface area contributed by atoms with E-state index in [1.54, 1.807) is 0 Å². The van der Waals surface area contributed by atoms with Crippen LogP contribution in [0.3, 0.4) is 0 Å². The molecule has 0 aromatic carbocycles. The van der Waals surface area contributed by atoms with Crippen molar-refractivity contribution in [3.05, 3.63) is 0 Å². The third-order valence-corrected chi connectivity index (χ3v) is 3.85. The second-order valence-corrected chi connectivity index (χ2v) is 5.23. The number of rotatable bonds is 5. The van der Waals surface area contributed by atoms with Crippen LogP contribution in [0.4, 0.5) is 0 Å². The fourth-order valence-corrected chi connectivity index (χ4v) is 2.50. The molecule has 0 aromatic heterocycles. The maximum absolute atomic E-state index is 12.1. The first kappa shape index (κ1) is 15.7. The number of methoxy groups -OCH3 is 2. The lowest BCUT2D eigenvalue weighted by Gasteiger charge is -2.25. The summed E-state index contributed by atoms with van der Waals surface area (Å²) >= 11 is 0. The van der Waals surface area contributed by atoms with E-state index in [1.165, 1.54) is 14.2 Å². The quantitative estimate of drug-likeness (QED) is 0.562. The zero-order valence-electron chi connectivity index (χ0n) is 11.8. The minimum atomic E-state index is -1.12. The average Bonchev–Trinajstić information content (AvgIpc) is 2.43. The van der Waals surface area contributed by atoms with Gasteiger partial charge in [0.25, 0.3) is 0 Å². The van der Waals surface area contributed by atoms with E-state index in [9.17, 15) is 14.4 Å². The lowest BCUT2D eigenvalue weighted by Crippen LogP contribution is -2.31. The normalized spacial score (nSPS) is 22.9. The summed E-state index contributed by atoms with van der Waals surface area (Å²) in [6, 6.07) is 0. The number of carbonyl (C=O) groups excluding carboxylic acids is 3. The van der Waals surface area contributed by atoms with Gasteiger partial charge in [0.1, 0.15) is 5.78 Å². The summed E-state index contributed by atoms with van der Waals surface area (Å²) in [6.45, 7) is 2.17. The Hall–Kier alpha value is -1.39. The van der Waals surface area contributed by atoms with Crippen LogP contribution in [0.2, 0.25) is 0 Å². The summed E-state index contributed by atoms with van der Waals surface area (Å²) in [5.41, 5.74) is 0. The topological polar surface area (TPSA) is 69.7 Å². The van der Waals surface area contributed by atoms with Crippen molar-refractivity contribution < 1.29 is 23.9 Å². The second kappa shape index (κ2) is 7.26. The van der Waals surface area contributed by atoms with E-state index in [1.807, 2.05) is 0 Å². The Morgan fingerprint density at radius 1 is 1.00 bits per heavy atom. The van der Waals surface area contributed by atoms with Crippen LogP contribution in [0.5, 0.6) is 0 Å². The monoisotopic (exact) mass is 270 g/mol. The predicted molar refractivity (Wildman–Crippen MR) is 68.3 cm³/mol. The summed E-state index contributed by atoms with van der Waals surface area (Å²) in [5.74, 6) is -1.95. The van der Waals surface area contributed by atoms with Crippen LogP contribution in [-0.4, -0.2) is 31.9 Å². The molecule has 0 saturated heterocycles. The van der Waals surface area contributed by atoms with Crippen molar-refractivity contribution in [3.8, 4) is 0 Å². The molecule has 0 aromatic rings. The molecular weight excluding hydrogens is 248 g/mol. The van der Waals surface area contributed by atoms with E-state index in [-0.39, 0.29) is 18.1 Å². The summed E-state index contributed by atoms with van der Waals surface area (Å²) in [6.07, 6.45) is 3.62. The zero-order chi connectivity index (χ0) is 14.4. The van der Waals surface area contributed by atoms with Crippen LogP contribution >= 0.6 is 0 Å². The average molecular weight is 270 g/mol. The molecule has 1 aliphatic rings. The van der Waals surface area contributed by atoms with Gasteiger partial charge < -0.3 is 9.47 Å². The highest BCUT2D eigenvalue weighted by atomic mass is 16.5. The van der Waals surface area contributed by atoms with E-state index >= 15 is 0 Å². The van der Waals surface area contributed by atoms with Gasteiger partial charge in [-0.15, -0.1) is 0 Å². The van der Waals surface area contributed by atoms with E-state index in [0.717, 1.165) is 25.7 Å². The smallest absolute Gasteiger partial charge is 0.320 e. The Balaban J connectivity index is 2.61. The molecule has 0 unspecified atom stereocenters. The van der Waals surface area contributed by atoms with Gasteiger partial charge in [-0.25, -0.2) is 0 Å². The first-order valence-electron chi connectivity index (χ1n) is 6.68. The third-order valence-electron chi connectivity index (χ3n) is 3.85. The molecule has 0 heterocycles. The van der Waals surface area contributed by atoms with Gasteiger partial charge in [-0.05, 0) is 18.8 Å². The molecule has 1 saturated carbocycles. The summed E-state index contributed by atoms with van der Waals surface area (Å²) < 4.78 is 9.10. The van der Waals surface area contributed by atoms with Gasteiger partial charge in [0.15, 0.2) is 5.92 Å². The summed E-state index contributed by atoms with van der Waals surface area (Å²) in [5, 5.41) is 0. The van der Waals surface area contributed by atoms with Crippen molar-refractivity contribution in [2.45, 2.75) is 39.0 Å².